The number of rotatable bonds is 32. The molecule has 0 aromatic rings. The maximum absolute atomic E-state index is 8.55. The summed E-state index contributed by atoms with van der Waals surface area (Å²) >= 11 is 0. The highest BCUT2D eigenvalue weighted by molar-refractivity contribution is 4.39. The molecule has 0 saturated carbocycles. The Morgan fingerprint density at radius 2 is 0.514 bits per heavy atom. The van der Waals surface area contributed by atoms with Gasteiger partial charge in [0.1, 0.15) is 0 Å². The van der Waals surface area contributed by atoms with Crippen LogP contribution in [-0.2, 0) is 47.4 Å². The van der Waals surface area contributed by atoms with E-state index in [0.717, 1.165) is 19.4 Å². The van der Waals surface area contributed by atoms with Crippen LogP contribution in [0, 0.1) is 0 Å². The van der Waals surface area contributed by atoms with Crippen LogP contribution in [0.3, 0.4) is 0 Å². The van der Waals surface area contributed by atoms with E-state index in [9.17, 15) is 0 Å². The number of aliphatic hydroxyl groups excluding tert-OH is 1. The molecule has 212 valence electrons. The molecule has 1 N–H and O–H groups in total. The van der Waals surface area contributed by atoms with Gasteiger partial charge in [0.25, 0.3) is 0 Å². The summed E-state index contributed by atoms with van der Waals surface area (Å²) < 4.78 is 53.8. The summed E-state index contributed by atoms with van der Waals surface area (Å²) in [6, 6.07) is 0. The molecular weight excluding hydrogens is 464 g/mol. The fraction of sp³-hybridized carbons (Fsp3) is 1.00. The lowest BCUT2D eigenvalue weighted by Crippen LogP contribution is -2.15. The second-order valence-electron chi connectivity index (χ2n) is 7.20. The molecule has 0 saturated heterocycles. The topological polar surface area (TPSA) is 113 Å². The van der Waals surface area contributed by atoms with Crippen LogP contribution in [0.4, 0.5) is 0 Å². The molecule has 0 aliphatic heterocycles. The molecule has 0 aliphatic rings. The van der Waals surface area contributed by atoms with Crippen molar-refractivity contribution in [2.75, 3.05) is 139 Å². The molecule has 0 aromatic heterocycles. The van der Waals surface area contributed by atoms with Crippen molar-refractivity contribution < 1.29 is 52.5 Å². The van der Waals surface area contributed by atoms with E-state index >= 15 is 0 Å². The van der Waals surface area contributed by atoms with Crippen molar-refractivity contribution in [1.82, 2.24) is 0 Å². The highest BCUT2D eigenvalue weighted by atomic mass is 16.6. The van der Waals surface area contributed by atoms with Crippen molar-refractivity contribution in [2.45, 2.75) is 19.8 Å². The van der Waals surface area contributed by atoms with Crippen LogP contribution in [0.25, 0.3) is 0 Å². The monoisotopic (exact) mass is 514 g/mol. The minimum atomic E-state index is 0.0302. The van der Waals surface area contributed by atoms with E-state index in [1.54, 1.807) is 0 Å². The van der Waals surface area contributed by atoms with Gasteiger partial charge >= 0.3 is 0 Å². The molecular formula is C24H50O11. The molecule has 0 unspecified atom stereocenters. The van der Waals surface area contributed by atoms with Gasteiger partial charge in [-0.3, -0.25) is 0 Å². The van der Waals surface area contributed by atoms with E-state index in [2.05, 4.69) is 6.92 Å². The minimum absolute atomic E-state index is 0.0302. The number of ether oxygens (including phenoxy) is 10. The van der Waals surface area contributed by atoms with Crippen molar-refractivity contribution >= 4 is 0 Å². The molecule has 0 spiro atoms. The van der Waals surface area contributed by atoms with Gasteiger partial charge in [-0.05, 0) is 6.42 Å². The van der Waals surface area contributed by atoms with Gasteiger partial charge in [-0.1, -0.05) is 13.3 Å². The van der Waals surface area contributed by atoms with Gasteiger partial charge < -0.3 is 52.5 Å². The molecule has 0 amide bonds. The summed E-state index contributed by atoms with van der Waals surface area (Å²) in [6.45, 7) is 12.9. The number of hydrogen-bond acceptors (Lipinski definition) is 11. The molecule has 0 fully saturated rings. The summed E-state index contributed by atoms with van der Waals surface area (Å²) in [5.74, 6) is 0. The molecule has 35 heavy (non-hydrogen) atoms. The zero-order valence-electron chi connectivity index (χ0n) is 21.8. The fourth-order valence-corrected chi connectivity index (χ4v) is 2.39. The van der Waals surface area contributed by atoms with Gasteiger partial charge in [0.05, 0.1) is 132 Å². The summed E-state index contributed by atoms with van der Waals surface area (Å²) in [5.41, 5.74) is 0. The fourth-order valence-electron chi connectivity index (χ4n) is 2.39. The van der Waals surface area contributed by atoms with Crippen LogP contribution in [0.1, 0.15) is 19.8 Å². The minimum Gasteiger partial charge on any atom is -0.394 e. The quantitative estimate of drug-likeness (QED) is 0.129. The molecule has 0 aromatic carbocycles. The van der Waals surface area contributed by atoms with Crippen molar-refractivity contribution in [2.24, 2.45) is 0 Å². The smallest absolute Gasteiger partial charge is 0.0701 e. The van der Waals surface area contributed by atoms with Gasteiger partial charge in [0.2, 0.25) is 0 Å². The average Bonchev–Trinajstić information content (AvgIpc) is 2.87. The van der Waals surface area contributed by atoms with Crippen LogP contribution in [0.5, 0.6) is 0 Å². The van der Waals surface area contributed by atoms with Crippen molar-refractivity contribution in [1.29, 1.82) is 0 Å². The van der Waals surface area contributed by atoms with E-state index in [0.29, 0.717) is 126 Å². The largest absolute Gasteiger partial charge is 0.394 e. The first-order chi connectivity index (χ1) is 17.4. The van der Waals surface area contributed by atoms with E-state index in [4.69, 9.17) is 52.5 Å². The van der Waals surface area contributed by atoms with Crippen LogP contribution < -0.4 is 0 Å². The van der Waals surface area contributed by atoms with Gasteiger partial charge in [-0.2, -0.15) is 0 Å². The van der Waals surface area contributed by atoms with Crippen LogP contribution >= 0.6 is 0 Å². The normalized spacial score (nSPS) is 11.5. The maximum atomic E-state index is 8.55. The lowest BCUT2D eigenvalue weighted by atomic mass is 10.4. The van der Waals surface area contributed by atoms with E-state index in [1.807, 2.05) is 0 Å². The lowest BCUT2D eigenvalue weighted by molar-refractivity contribution is -0.0268. The van der Waals surface area contributed by atoms with Crippen LogP contribution in [-0.4, -0.2) is 144 Å². The Labute approximate surface area is 211 Å². The number of hydrogen-bond donors (Lipinski definition) is 1. The Balaban J connectivity index is 3.00. The molecule has 0 heterocycles. The molecule has 0 bridgehead atoms. The Morgan fingerprint density at radius 1 is 0.314 bits per heavy atom. The lowest BCUT2D eigenvalue weighted by Gasteiger charge is -2.09. The van der Waals surface area contributed by atoms with E-state index in [1.165, 1.54) is 0 Å². The molecule has 0 rings (SSSR count). The second kappa shape index (κ2) is 33.6. The van der Waals surface area contributed by atoms with Crippen molar-refractivity contribution in [3.63, 3.8) is 0 Å². The second-order valence-corrected chi connectivity index (χ2v) is 7.20. The van der Waals surface area contributed by atoms with E-state index in [-0.39, 0.29) is 6.61 Å². The molecule has 11 nitrogen and oxygen atoms in total. The molecule has 0 aliphatic carbocycles. The third kappa shape index (κ3) is 33.6. The number of unbranched alkanes of at least 4 members (excludes halogenated alkanes) is 1. The van der Waals surface area contributed by atoms with Gasteiger partial charge in [-0.15, -0.1) is 0 Å². The third-order valence-corrected chi connectivity index (χ3v) is 4.23. The first-order valence-corrected chi connectivity index (χ1v) is 12.8. The van der Waals surface area contributed by atoms with Crippen LogP contribution in [0.15, 0.2) is 0 Å². The van der Waals surface area contributed by atoms with Gasteiger partial charge in [-0.25, -0.2) is 0 Å². The van der Waals surface area contributed by atoms with Crippen molar-refractivity contribution in [3.05, 3.63) is 0 Å². The van der Waals surface area contributed by atoms with Gasteiger partial charge in [0.15, 0.2) is 0 Å². The first kappa shape index (κ1) is 34.6. The number of aliphatic hydroxyl groups is 1. The molecule has 11 heteroatoms. The first-order valence-electron chi connectivity index (χ1n) is 12.8. The van der Waals surface area contributed by atoms with E-state index < -0.39 is 0 Å². The molecule has 0 radical (unpaired) electrons. The standard InChI is InChI=1S/C24H50O11/c1-2-3-5-26-7-9-28-11-13-30-15-17-32-19-21-34-23-24-35-22-20-33-18-16-31-14-12-29-10-8-27-6-4-25/h25H,2-24H2,1H3. The summed E-state index contributed by atoms with van der Waals surface area (Å²) in [6.07, 6.45) is 2.24. The Hall–Kier alpha value is -0.440. The zero-order chi connectivity index (χ0) is 25.3. The van der Waals surface area contributed by atoms with Gasteiger partial charge in [0, 0.05) is 6.61 Å². The zero-order valence-corrected chi connectivity index (χ0v) is 21.8. The highest BCUT2D eigenvalue weighted by Gasteiger charge is 1.95. The average molecular weight is 515 g/mol. The molecule has 0 atom stereocenters. The SMILES string of the molecule is CCCCOCCOCCOCCOCCOCCOCCOCCOCCOCCOCCO. The summed E-state index contributed by atoms with van der Waals surface area (Å²) in [5, 5.41) is 8.55. The predicted octanol–water partition coefficient (Wildman–Crippen LogP) is 0.945. The summed E-state index contributed by atoms with van der Waals surface area (Å²) in [4.78, 5) is 0. The Bertz CT molecular complexity index is 332. The maximum Gasteiger partial charge on any atom is 0.0701 e. The highest BCUT2D eigenvalue weighted by Crippen LogP contribution is 1.89. The third-order valence-electron chi connectivity index (χ3n) is 4.23. The summed E-state index contributed by atoms with van der Waals surface area (Å²) in [7, 11) is 0. The van der Waals surface area contributed by atoms with Crippen molar-refractivity contribution in [3.8, 4) is 0 Å². The predicted molar refractivity (Wildman–Crippen MR) is 130 cm³/mol. The Morgan fingerprint density at radius 3 is 0.714 bits per heavy atom. The Kier molecular flexibility index (Phi) is 33.1. The van der Waals surface area contributed by atoms with Crippen LogP contribution in [0.2, 0.25) is 0 Å².